The molecule has 0 spiro atoms. The van der Waals surface area contributed by atoms with Crippen LogP contribution in [0.5, 0.6) is 0 Å². The van der Waals surface area contributed by atoms with Crippen LogP contribution >= 0.6 is 0 Å². The van der Waals surface area contributed by atoms with Crippen molar-refractivity contribution < 1.29 is 4.79 Å². The van der Waals surface area contributed by atoms with E-state index in [1.54, 1.807) is 0 Å². The molecule has 0 fully saturated rings. The Balaban J connectivity index is 2.22. The maximum Gasteiger partial charge on any atom is 0.120 e. The molecule has 2 unspecified atom stereocenters. The van der Waals surface area contributed by atoms with Gasteiger partial charge in [0.15, 0.2) is 0 Å². The Morgan fingerprint density at radius 1 is 1.06 bits per heavy atom. The Morgan fingerprint density at radius 3 is 2.50 bits per heavy atom. The topological polar surface area (TPSA) is 17.1 Å². The average Bonchev–Trinajstić information content (AvgIpc) is 2.43. The van der Waals surface area contributed by atoms with E-state index in [0.717, 1.165) is 12.7 Å². The minimum atomic E-state index is 0.495. The zero-order valence-electron chi connectivity index (χ0n) is 11.1. The normalized spacial score (nSPS) is 14.3. The van der Waals surface area contributed by atoms with Crippen molar-refractivity contribution in [2.45, 2.75) is 32.6 Å². The highest BCUT2D eigenvalue weighted by Crippen LogP contribution is 2.29. The van der Waals surface area contributed by atoms with Gasteiger partial charge < -0.3 is 4.79 Å². The van der Waals surface area contributed by atoms with Gasteiger partial charge in [0.2, 0.25) is 0 Å². The molecular formula is C17H20O. The predicted molar refractivity (Wildman–Crippen MR) is 76.8 cm³/mol. The van der Waals surface area contributed by atoms with E-state index in [1.165, 1.54) is 16.3 Å². The minimum Gasteiger partial charge on any atom is -0.303 e. The first-order chi connectivity index (χ1) is 8.72. The second kappa shape index (κ2) is 5.81. The molecule has 2 atom stereocenters. The van der Waals surface area contributed by atoms with Crippen molar-refractivity contribution in [3.05, 3.63) is 48.0 Å². The summed E-state index contributed by atoms with van der Waals surface area (Å²) in [5, 5.41) is 2.58. The van der Waals surface area contributed by atoms with Crippen LogP contribution in [0, 0.1) is 5.92 Å². The van der Waals surface area contributed by atoms with Gasteiger partial charge in [0.1, 0.15) is 6.29 Å². The predicted octanol–water partition coefficient (Wildman–Crippen LogP) is 4.56. The van der Waals surface area contributed by atoms with Crippen LogP contribution in [0.3, 0.4) is 0 Å². The fourth-order valence-electron chi connectivity index (χ4n) is 2.40. The largest absolute Gasteiger partial charge is 0.303 e. The van der Waals surface area contributed by atoms with Crippen molar-refractivity contribution in [2.24, 2.45) is 5.92 Å². The molecule has 1 heteroatoms. The van der Waals surface area contributed by atoms with Crippen molar-refractivity contribution in [1.82, 2.24) is 0 Å². The first-order valence-corrected chi connectivity index (χ1v) is 6.64. The molecule has 0 bridgehead atoms. The molecule has 0 saturated heterocycles. The Labute approximate surface area is 109 Å². The molecule has 0 saturated carbocycles. The highest BCUT2D eigenvalue weighted by molar-refractivity contribution is 5.83. The Kier molecular flexibility index (Phi) is 4.14. The molecule has 0 amide bonds. The summed E-state index contributed by atoms with van der Waals surface area (Å²) in [6, 6.07) is 15.1. The van der Waals surface area contributed by atoms with E-state index in [2.05, 4.69) is 56.3 Å². The number of aldehydes is 1. The van der Waals surface area contributed by atoms with Gasteiger partial charge in [-0.05, 0) is 34.6 Å². The third-order valence-electron chi connectivity index (χ3n) is 3.89. The third-order valence-corrected chi connectivity index (χ3v) is 3.89. The lowest BCUT2D eigenvalue weighted by atomic mass is 9.85. The van der Waals surface area contributed by atoms with Crippen LogP contribution in [0.2, 0.25) is 0 Å². The summed E-state index contributed by atoms with van der Waals surface area (Å²) >= 11 is 0. The highest BCUT2D eigenvalue weighted by atomic mass is 16.1. The summed E-state index contributed by atoms with van der Waals surface area (Å²) in [5.41, 5.74) is 1.37. The number of benzene rings is 2. The molecule has 0 N–H and O–H groups in total. The molecule has 2 rings (SSSR count). The average molecular weight is 240 g/mol. The van der Waals surface area contributed by atoms with Gasteiger partial charge >= 0.3 is 0 Å². The molecule has 94 valence electrons. The zero-order chi connectivity index (χ0) is 13.0. The van der Waals surface area contributed by atoms with Crippen molar-refractivity contribution >= 4 is 17.1 Å². The molecule has 0 aliphatic heterocycles. The minimum absolute atomic E-state index is 0.495. The Hall–Kier alpha value is -1.63. The molecule has 0 aliphatic rings. The molecule has 0 aromatic heterocycles. The van der Waals surface area contributed by atoms with Crippen LogP contribution in [0.15, 0.2) is 42.5 Å². The van der Waals surface area contributed by atoms with Crippen LogP contribution in [0.1, 0.15) is 38.2 Å². The summed E-state index contributed by atoms with van der Waals surface area (Å²) in [7, 11) is 0. The van der Waals surface area contributed by atoms with Gasteiger partial charge in [0.05, 0.1) is 0 Å². The molecule has 0 aliphatic carbocycles. The molecular weight excluding hydrogens is 220 g/mol. The number of hydrogen-bond acceptors (Lipinski definition) is 1. The zero-order valence-corrected chi connectivity index (χ0v) is 11.1. The second-order valence-corrected chi connectivity index (χ2v) is 5.12. The van der Waals surface area contributed by atoms with Crippen LogP contribution < -0.4 is 0 Å². The van der Waals surface area contributed by atoms with E-state index in [-0.39, 0.29) is 0 Å². The Morgan fingerprint density at radius 2 is 1.78 bits per heavy atom. The smallest absolute Gasteiger partial charge is 0.120 e. The van der Waals surface area contributed by atoms with Gasteiger partial charge in [-0.15, -0.1) is 0 Å². The van der Waals surface area contributed by atoms with Gasteiger partial charge in [0.25, 0.3) is 0 Å². The third kappa shape index (κ3) is 2.79. The molecule has 2 aromatic carbocycles. The number of carbonyl (C=O) groups is 1. The SMILES string of the molecule is CC(CCC=O)C(C)c1ccc2ccccc2c1. The van der Waals surface area contributed by atoms with Gasteiger partial charge in [-0.2, -0.15) is 0 Å². The van der Waals surface area contributed by atoms with Crippen LogP contribution in [-0.2, 0) is 4.79 Å². The lowest BCUT2D eigenvalue weighted by molar-refractivity contribution is -0.108. The fourth-order valence-corrected chi connectivity index (χ4v) is 2.40. The van der Waals surface area contributed by atoms with E-state index in [9.17, 15) is 4.79 Å². The number of carbonyl (C=O) groups excluding carboxylic acids is 1. The van der Waals surface area contributed by atoms with Crippen LogP contribution in [0.25, 0.3) is 10.8 Å². The van der Waals surface area contributed by atoms with Gasteiger partial charge in [-0.3, -0.25) is 0 Å². The van der Waals surface area contributed by atoms with E-state index in [0.29, 0.717) is 18.3 Å². The van der Waals surface area contributed by atoms with Crippen molar-refractivity contribution in [3.63, 3.8) is 0 Å². The summed E-state index contributed by atoms with van der Waals surface area (Å²) in [6.07, 6.45) is 2.65. The second-order valence-electron chi connectivity index (χ2n) is 5.12. The summed E-state index contributed by atoms with van der Waals surface area (Å²) in [6.45, 7) is 4.48. The van der Waals surface area contributed by atoms with E-state index in [1.807, 2.05) is 0 Å². The molecule has 1 nitrogen and oxygen atoms in total. The fraction of sp³-hybridized carbons (Fsp3) is 0.353. The first kappa shape index (κ1) is 12.8. The number of fused-ring (bicyclic) bond motifs is 1. The highest BCUT2D eigenvalue weighted by Gasteiger charge is 2.14. The summed E-state index contributed by atoms with van der Waals surface area (Å²) in [5.74, 6) is 1.03. The van der Waals surface area contributed by atoms with E-state index < -0.39 is 0 Å². The van der Waals surface area contributed by atoms with E-state index >= 15 is 0 Å². The molecule has 18 heavy (non-hydrogen) atoms. The number of rotatable bonds is 5. The Bertz CT molecular complexity index is 530. The van der Waals surface area contributed by atoms with Crippen molar-refractivity contribution in [1.29, 1.82) is 0 Å². The van der Waals surface area contributed by atoms with Gasteiger partial charge in [-0.25, -0.2) is 0 Å². The van der Waals surface area contributed by atoms with Crippen molar-refractivity contribution in [2.75, 3.05) is 0 Å². The maximum absolute atomic E-state index is 10.4. The van der Waals surface area contributed by atoms with E-state index in [4.69, 9.17) is 0 Å². The standard InChI is InChI=1S/C17H20O/c1-13(6-5-11-18)14(2)16-10-9-15-7-3-4-8-17(15)12-16/h3-4,7-14H,5-6H2,1-2H3. The van der Waals surface area contributed by atoms with Crippen LogP contribution in [-0.4, -0.2) is 6.29 Å². The summed E-state index contributed by atoms with van der Waals surface area (Å²) < 4.78 is 0. The molecule has 0 radical (unpaired) electrons. The molecule has 0 heterocycles. The first-order valence-electron chi connectivity index (χ1n) is 6.64. The maximum atomic E-state index is 10.4. The summed E-state index contributed by atoms with van der Waals surface area (Å²) in [4.78, 5) is 10.4. The monoisotopic (exact) mass is 240 g/mol. The van der Waals surface area contributed by atoms with Crippen molar-refractivity contribution in [3.8, 4) is 0 Å². The lowest BCUT2D eigenvalue weighted by Gasteiger charge is -2.20. The van der Waals surface area contributed by atoms with Gasteiger partial charge in [0, 0.05) is 6.42 Å². The quantitative estimate of drug-likeness (QED) is 0.700. The van der Waals surface area contributed by atoms with Crippen LogP contribution in [0.4, 0.5) is 0 Å². The molecule has 2 aromatic rings. The number of hydrogen-bond donors (Lipinski definition) is 0. The van der Waals surface area contributed by atoms with Gasteiger partial charge in [-0.1, -0.05) is 56.3 Å². The lowest BCUT2D eigenvalue weighted by Crippen LogP contribution is -2.06.